The third-order valence-electron chi connectivity index (χ3n) is 3.01. The minimum Gasteiger partial charge on any atom is -0.462 e. The first-order valence-electron chi connectivity index (χ1n) is 6.84. The highest BCUT2D eigenvalue weighted by molar-refractivity contribution is 7.98. The van der Waals surface area contributed by atoms with Gasteiger partial charge in [-0.25, -0.2) is 9.18 Å². The number of benzene rings is 2. The topological polar surface area (TPSA) is 69.4 Å². The summed E-state index contributed by atoms with van der Waals surface area (Å²) in [6.07, 6.45) is 0. The molecule has 0 saturated heterocycles. The molecule has 0 N–H and O–H groups in total. The van der Waals surface area contributed by atoms with Gasteiger partial charge in [0.05, 0.1) is 22.0 Å². The first kappa shape index (κ1) is 17.0. The molecule has 0 bridgehead atoms. The van der Waals surface area contributed by atoms with Gasteiger partial charge in [0.1, 0.15) is 5.82 Å². The van der Waals surface area contributed by atoms with Crippen LogP contribution in [0.2, 0.25) is 0 Å². The van der Waals surface area contributed by atoms with Gasteiger partial charge in [0.25, 0.3) is 5.69 Å². The molecule has 0 fully saturated rings. The quantitative estimate of drug-likeness (QED) is 0.342. The predicted molar refractivity (Wildman–Crippen MR) is 85.0 cm³/mol. The summed E-state index contributed by atoms with van der Waals surface area (Å²) in [5, 5.41) is 11.2. The lowest BCUT2D eigenvalue weighted by atomic mass is 10.2. The molecule has 0 aliphatic rings. The second-order valence-corrected chi connectivity index (χ2v) is 5.56. The minimum atomic E-state index is -0.610. The largest absolute Gasteiger partial charge is 0.462 e. The van der Waals surface area contributed by atoms with Gasteiger partial charge in [-0.05, 0) is 30.7 Å². The summed E-state index contributed by atoms with van der Waals surface area (Å²) in [5.74, 6) is -0.709. The highest BCUT2D eigenvalue weighted by Crippen LogP contribution is 2.33. The maximum Gasteiger partial charge on any atom is 0.338 e. The number of carbonyl (C=O) groups excluding carboxylic acids is 1. The first-order chi connectivity index (χ1) is 11.0. The van der Waals surface area contributed by atoms with E-state index in [4.69, 9.17) is 4.74 Å². The molecule has 0 atom stereocenters. The molecule has 7 heteroatoms. The lowest BCUT2D eigenvalue weighted by Crippen LogP contribution is -2.05. The smallest absolute Gasteiger partial charge is 0.338 e. The van der Waals surface area contributed by atoms with Crippen molar-refractivity contribution < 1.29 is 18.8 Å². The van der Waals surface area contributed by atoms with Crippen LogP contribution in [0, 0.1) is 15.9 Å². The monoisotopic (exact) mass is 335 g/mol. The van der Waals surface area contributed by atoms with Crippen LogP contribution in [0.25, 0.3) is 0 Å². The van der Waals surface area contributed by atoms with Crippen molar-refractivity contribution >= 4 is 23.4 Å². The minimum absolute atomic E-state index is 0.119. The second kappa shape index (κ2) is 7.73. The zero-order chi connectivity index (χ0) is 16.8. The van der Waals surface area contributed by atoms with E-state index >= 15 is 0 Å². The number of nitro groups is 1. The molecule has 0 heterocycles. The summed E-state index contributed by atoms with van der Waals surface area (Å²) >= 11 is 1.14. The number of nitro benzene ring substituents is 1. The van der Waals surface area contributed by atoms with Gasteiger partial charge < -0.3 is 4.74 Å². The Bertz CT molecular complexity index is 736. The van der Waals surface area contributed by atoms with Crippen LogP contribution in [0.3, 0.4) is 0 Å². The molecule has 0 aliphatic heterocycles. The third kappa shape index (κ3) is 4.29. The third-order valence-corrected chi connectivity index (χ3v) is 4.12. The number of carbonyl (C=O) groups is 1. The van der Waals surface area contributed by atoms with Crippen molar-refractivity contribution in [3.63, 3.8) is 0 Å². The number of esters is 1. The van der Waals surface area contributed by atoms with Crippen molar-refractivity contribution in [2.75, 3.05) is 6.61 Å². The van der Waals surface area contributed by atoms with Crippen LogP contribution in [-0.4, -0.2) is 17.5 Å². The maximum absolute atomic E-state index is 13.6. The van der Waals surface area contributed by atoms with Crippen molar-refractivity contribution in [1.29, 1.82) is 0 Å². The Morgan fingerprint density at radius 3 is 2.70 bits per heavy atom. The molecule has 2 aromatic rings. The highest BCUT2D eigenvalue weighted by Gasteiger charge is 2.19. The van der Waals surface area contributed by atoms with Crippen LogP contribution < -0.4 is 0 Å². The van der Waals surface area contributed by atoms with Crippen LogP contribution in [0.4, 0.5) is 10.1 Å². The Hall–Kier alpha value is -2.41. The Kier molecular flexibility index (Phi) is 5.70. The maximum atomic E-state index is 13.6. The van der Waals surface area contributed by atoms with E-state index in [1.165, 1.54) is 24.3 Å². The molecular weight excluding hydrogens is 321 g/mol. The summed E-state index contributed by atoms with van der Waals surface area (Å²) in [7, 11) is 0. The molecule has 23 heavy (non-hydrogen) atoms. The van der Waals surface area contributed by atoms with E-state index in [1.807, 2.05) is 0 Å². The van der Waals surface area contributed by atoms with Gasteiger partial charge in [0.15, 0.2) is 0 Å². The van der Waals surface area contributed by atoms with Gasteiger partial charge in [-0.1, -0.05) is 18.2 Å². The lowest BCUT2D eigenvalue weighted by Gasteiger charge is -2.06. The van der Waals surface area contributed by atoms with Crippen molar-refractivity contribution in [2.45, 2.75) is 17.6 Å². The van der Waals surface area contributed by atoms with Gasteiger partial charge >= 0.3 is 5.97 Å². The van der Waals surface area contributed by atoms with Gasteiger partial charge in [-0.15, -0.1) is 11.8 Å². The van der Waals surface area contributed by atoms with Crippen molar-refractivity contribution in [1.82, 2.24) is 0 Å². The molecule has 0 aromatic heterocycles. The Labute approximate surface area is 136 Å². The Balaban J connectivity index is 2.23. The molecule has 2 aromatic carbocycles. The van der Waals surface area contributed by atoms with E-state index in [1.54, 1.807) is 25.1 Å². The fourth-order valence-corrected chi connectivity index (χ4v) is 2.89. The number of hydrogen-bond acceptors (Lipinski definition) is 5. The summed E-state index contributed by atoms with van der Waals surface area (Å²) < 4.78 is 18.4. The number of halogens is 1. The Morgan fingerprint density at radius 2 is 2.04 bits per heavy atom. The van der Waals surface area contributed by atoms with E-state index in [0.717, 1.165) is 11.8 Å². The summed E-state index contributed by atoms with van der Waals surface area (Å²) in [5.41, 5.74) is 0.381. The fraction of sp³-hybridized carbons (Fsp3) is 0.188. The van der Waals surface area contributed by atoms with Crippen LogP contribution in [0.15, 0.2) is 47.4 Å². The van der Waals surface area contributed by atoms with E-state index in [-0.39, 0.29) is 29.4 Å². The fourth-order valence-electron chi connectivity index (χ4n) is 1.89. The van der Waals surface area contributed by atoms with Crippen molar-refractivity contribution in [3.8, 4) is 0 Å². The number of rotatable bonds is 6. The predicted octanol–water partition coefficient (Wildman–Crippen LogP) is 4.20. The van der Waals surface area contributed by atoms with Crippen LogP contribution in [0.5, 0.6) is 0 Å². The zero-order valence-corrected chi connectivity index (χ0v) is 13.1. The first-order valence-corrected chi connectivity index (χ1v) is 7.83. The van der Waals surface area contributed by atoms with E-state index in [9.17, 15) is 19.3 Å². The van der Waals surface area contributed by atoms with Crippen molar-refractivity contribution in [2.24, 2.45) is 0 Å². The number of hydrogen-bond donors (Lipinski definition) is 0. The molecule has 0 radical (unpaired) electrons. The van der Waals surface area contributed by atoms with Crippen LogP contribution in [0.1, 0.15) is 22.8 Å². The zero-order valence-electron chi connectivity index (χ0n) is 12.3. The van der Waals surface area contributed by atoms with Crippen molar-refractivity contribution in [3.05, 3.63) is 69.5 Å². The molecule has 5 nitrogen and oxygen atoms in total. The lowest BCUT2D eigenvalue weighted by molar-refractivity contribution is -0.387. The molecular formula is C16H14FNO4S. The molecule has 0 saturated carbocycles. The second-order valence-electron chi connectivity index (χ2n) is 4.54. The number of ether oxygens (including phenoxy) is 1. The molecule has 0 aliphatic carbocycles. The Morgan fingerprint density at radius 1 is 1.30 bits per heavy atom. The standard InChI is InChI=1S/C16H14FNO4S/c1-2-22-16(19)11-7-8-15(14(9-11)18(20)21)23-10-12-5-3-4-6-13(12)17/h3-9H,2,10H2,1H3. The molecule has 120 valence electrons. The number of nitrogens with zero attached hydrogens (tertiary/aromatic N) is 1. The molecule has 0 spiro atoms. The highest BCUT2D eigenvalue weighted by atomic mass is 32.2. The van der Waals surface area contributed by atoms with Gasteiger partial charge in [0.2, 0.25) is 0 Å². The van der Waals surface area contributed by atoms with Gasteiger partial charge in [-0.3, -0.25) is 10.1 Å². The average molecular weight is 335 g/mol. The van der Waals surface area contributed by atoms with Gasteiger partial charge in [0, 0.05) is 11.8 Å². The summed E-state index contributed by atoms with van der Waals surface area (Å²) in [6, 6.07) is 10.4. The van der Waals surface area contributed by atoms with Gasteiger partial charge in [-0.2, -0.15) is 0 Å². The van der Waals surface area contributed by atoms with E-state index in [2.05, 4.69) is 0 Å². The molecule has 2 rings (SSSR count). The molecule has 0 unspecified atom stereocenters. The average Bonchev–Trinajstić information content (AvgIpc) is 2.54. The van der Waals surface area contributed by atoms with Crippen LogP contribution in [-0.2, 0) is 10.5 Å². The summed E-state index contributed by atoms with van der Waals surface area (Å²) in [6.45, 7) is 1.85. The normalized spacial score (nSPS) is 10.3. The van der Waals surface area contributed by atoms with Crippen LogP contribution >= 0.6 is 11.8 Å². The summed E-state index contributed by atoms with van der Waals surface area (Å²) in [4.78, 5) is 22.7. The van der Waals surface area contributed by atoms with E-state index in [0.29, 0.717) is 10.5 Å². The SMILES string of the molecule is CCOC(=O)c1ccc(SCc2ccccc2F)c([N+](=O)[O-])c1. The van der Waals surface area contributed by atoms with E-state index < -0.39 is 10.9 Å². The molecule has 0 amide bonds. The number of thioether (sulfide) groups is 1.